The van der Waals surface area contributed by atoms with Crippen LogP contribution in [0.5, 0.6) is 0 Å². The molecule has 0 atom stereocenters. The first-order valence-corrected chi connectivity index (χ1v) is 16.8. The summed E-state index contributed by atoms with van der Waals surface area (Å²) in [5.74, 6) is 0.408. The summed E-state index contributed by atoms with van der Waals surface area (Å²) in [7, 11) is 4.03. The van der Waals surface area contributed by atoms with E-state index in [1.807, 2.05) is 51.5 Å². The molecule has 0 radical (unpaired) electrons. The van der Waals surface area contributed by atoms with E-state index in [2.05, 4.69) is 72.1 Å². The molecule has 0 aliphatic heterocycles. The zero-order valence-corrected chi connectivity index (χ0v) is 28.2. The Morgan fingerprint density at radius 3 is 2.69 bits per heavy atom. The van der Waals surface area contributed by atoms with Crippen molar-refractivity contribution in [3.63, 3.8) is 0 Å². The Kier molecular flexibility index (Phi) is 10.2. The van der Waals surface area contributed by atoms with Gasteiger partial charge >= 0.3 is 0 Å². The first-order chi connectivity index (χ1) is 23.3. The molecule has 6 rings (SSSR count). The maximum atomic E-state index is 14.8. The van der Waals surface area contributed by atoms with Crippen LogP contribution in [0.25, 0.3) is 50.2 Å². The Morgan fingerprint density at radius 1 is 1.08 bits per heavy atom. The van der Waals surface area contributed by atoms with Gasteiger partial charge in [0, 0.05) is 58.9 Å². The number of aromatic nitrogens is 5. The van der Waals surface area contributed by atoms with Gasteiger partial charge in [0.25, 0.3) is 0 Å². The number of hydrogen-bond acceptors (Lipinski definition) is 6. The minimum Gasteiger partial charge on any atom is -0.384 e. The van der Waals surface area contributed by atoms with Crippen molar-refractivity contribution >= 4 is 33.3 Å². The smallest absolute Gasteiger partial charge is 0.181 e. The highest BCUT2D eigenvalue weighted by Crippen LogP contribution is 2.35. The molecule has 1 aliphatic rings. The average Bonchev–Trinajstić information content (AvgIpc) is 3.70. The van der Waals surface area contributed by atoms with Gasteiger partial charge in [-0.05, 0) is 98.6 Å². The largest absolute Gasteiger partial charge is 0.384 e. The number of fused-ring (bicyclic) bond motifs is 2. The Hall–Kier alpha value is -5.02. The molecular weight excluding hydrogens is 599 g/mol. The highest BCUT2D eigenvalue weighted by atomic mass is 19.1. The van der Waals surface area contributed by atoms with E-state index < -0.39 is 0 Å². The van der Waals surface area contributed by atoms with E-state index in [1.54, 1.807) is 12.3 Å². The van der Waals surface area contributed by atoms with Crippen LogP contribution in [-0.2, 0) is 0 Å². The average molecular weight is 645 g/mol. The van der Waals surface area contributed by atoms with E-state index in [9.17, 15) is 4.39 Å². The van der Waals surface area contributed by atoms with Gasteiger partial charge in [-0.1, -0.05) is 51.3 Å². The van der Waals surface area contributed by atoms with Gasteiger partial charge in [-0.3, -0.25) is 5.10 Å². The minimum atomic E-state index is -0.295. The second kappa shape index (κ2) is 14.8. The summed E-state index contributed by atoms with van der Waals surface area (Å²) in [5, 5.41) is 16.3. The first-order valence-electron chi connectivity index (χ1n) is 16.8. The topological polar surface area (TPSA) is 97.6 Å². The number of benzene rings is 1. The Balaban J connectivity index is 1.28. The fourth-order valence-electron chi connectivity index (χ4n) is 6.59. The lowest BCUT2D eigenvalue weighted by atomic mass is 9.86. The number of rotatable bonds is 13. The van der Waals surface area contributed by atoms with Crippen LogP contribution < -0.4 is 10.6 Å². The molecule has 0 saturated heterocycles. The Morgan fingerprint density at radius 2 is 1.92 bits per heavy atom. The summed E-state index contributed by atoms with van der Waals surface area (Å²) in [6, 6.07) is 11.1. The van der Waals surface area contributed by atoms with E-state index in [4.69, 9.17) is 0 Å². The number of likely N-dealkylation sites (N-methyl/N-ethyl adjacent to an activating group) is 1. The number of H-pyrrole nitrogens is 2. The number of allylic oxidation sites excluding steroid dienone is 5. The number of anilines is 1. The minimum absolute atomic E-state index is 0.295. The van der Waals surface area contributed by atoms with Crippen molar-refractivity contribution in [3.05, 3.63) is 103 Å². The van der Waals surface area contributed by atoms with Crippen molar-refractivity contribution in [2.75, 3.05) is 32.5 Å². The molecule has 0 unspecified atom stereocenters. The molecule has 248 valence electrons. The van der Waals surface area contributed by atoms with Crippen LogP contribution in [0, 0.1) is 11.7 Å². The Bertz CT molecular complexity index is 1990. The highest BCUT2D eigenvalue weighted by Gasteiger charge is 2.17. The fourth-order valence-corrected chi connectivity index (χ4v) is 6.59. The van der Waals surface area contributed by atoms with Crippen molar-refractivity contribution in [1.29, 1.82) is 0 Å². The molecule has 5 aromatic rings. The van der Waals surface area contributed by atoms with Gasteiger partial charge < -0.3 is 20.5 Å². The normalized spacial score (nSPS) is 14.6. The standard InChI is InChI=1S/C39H45FN8/c1-6-27(19-31(7-2)44-25(3)17-26-11-9-8-10-12-26)29-21-35-37(46-47-39(35)43-24-29)36-23-34-33(13-14-42-38(34)45-36)28-18-30(40)22-32(20-28)41-15-16-48(4)5/h6-7,13-14,18-24,26,41,44H,2-3,8-12,15-17H2,1,4-5H3,(H,42,45)(H,43,46,47)/b27-6+,31-19+. The summed E-state index contributed by atoms with van der Waals surface area (Å²) in [4.78, 5) is 14.8. The van der Waals surface area contributed by atoms with Crippen molar-refractivity contribution < 1.29 is 4.39 Å². The van der Waals surface area contributed by atoms with Crippen molar-refractivity contribution in [1.82, 2.24) is 35.4 Å². The molecule has 9 heteroatoms. The maximum Gasteiger partial charge on any atom is 0.181 e. The van der Waals surface area contributed by atoms with Crippen LogP contribution in [0.1, 0.15) is 51.0 Å². The third kappa shape index (κ3) is 7.58. The molecular formula is C39H45FN8. The van der Waals surface area contributed by atoms with E-state index >= 15 is 0 Å². The zero-order valence-electron chi connectivity index (χ0n) is 28.2. The molecule has 1 fully saturated rings. The first kappa shape index (κ1) is 32.9. The predicted octanol–water partition coefficient (Wildman–Crippen LogP) is 8.83. The summed E-state index contributed by atoms with van der Waals surface area (Å²) >= 11 is 0. The van der Waals surface area contributed by atoms with Gasteiger partial charge in [0.15, 0.2) is 5.65 Å². The number of nitrogens with one attached hydrogen (secondary N) is 4. The van der Waals surface area contributed by atoms with E-state index in [0.29, 0.717) is 23.8 Å². The lowest BCUT2D eigenvalue weighted by Crippen LogP contribution is -2.20. The lowest BCUT2D eigenvalue weighted by molar-refractivity contribution is 0.353. The summed E-state index contributed by atoms with van der Waals surface area (Å²) in [6.45, 7) is 11.9. The SMILES string of the molecule is C=C/C(=C\C(=C/C)c1cnc2n[nH]c(-c3cc4c(-c5cc(F)cc(NCCN(C)C)c5)ccnc4[nH]3)c2c1)NC(=C)CC1CCCCC1. The number of hydrogen-bond donors (Lipinski definition) is 4. The molecule has 1 aliphatic carbocycles. The summed E-state index contributed by atoms with van der Waals surface area (Å²) in [5.41, 5.74) is 9.22. The maximum absolute atomic E-state index is 14.8. The molecule has 1 aromatic carbocycles. The van der Waals surface area contributed by atoms with Crippen LogP contribution in [0.3, 0.4) is 0 Å². The fraction of sp³-hybridized carbons (Fsp3) is 0.308. The second-order valence-electron chi connectivity index (χ2n) is 12.9. The van der Waals surface area contributed by atoms with Gasteiger partial charge in [0.05, 0.1) is 11.4 Å². The highest BCUT2D eigenvalue weighted by molar-refractivity contribution is 6.00. The van der Waals surface area contributed by atoms with Gasteiger partial charge in [0.1, 0.15) is 11.5 Å². The third-order valence-electron chi connectivity index (χ3n) is 9.06. The molecule has 0 spiro atoms. The molecule has 4 N–H and O–H groups in total. The molecule has 4 aromatic heterocycles. The zero-order chi connectivity index (χ0) is 33.6. The predicted molar refractivity (Wildman–Crippen MR) is 197 cm³/mol. The molecule has 8 nitrogen and oxygen atoms in total. The Labute approximate surface area is 282 Å². The number of nitrogens with zero attached hydrogens (tertiary/aromatic N) is 4. The van der Waals surface area contributed by atoms with Crippen LogP contribution in [0.2, 0.25) is 0 Å². The number of pyridine rings is 2. The second-order valence-corrected chi connectivity index (χ2v) is 12.9. The monoisotopic (exact) mass is 644 g/mol. The van der Waals surface area contributed by atoms with Crippen LogP contribution in [0.15, 0.2) is 91.6 Å². The van der Waals surface area contributed by atoms with E-state index in [0.717, 1.165) is 74.5 Å². The van der Waals surface area contributed by atoms with Crippen molar-refractivity contribution in [3.8, 4) is 22.5 Å². The van der Waals surface area contributed by atoms with Crippen molar-refractivity contribution in [2.24, 2.45) is 5.92 Å². The summed E-state index contributed by atoms with van der Waals surface area (Å²) in [6.07, 6.45) is 17.1. The van der Waals surface area contributed by atoms with Gasteiger partial charge in [0.2, 0.25) is 0 Å². The van der Waals surface area contributed by atoms with Gasteiger partial charge in [-0.2, -0.15) is 5.10 Å². The third-order valence-corrected chi connectivity index (χ3v) is 9.06. The van der Waals surface area contributed by atoms with Crippen molar-refractivity contribution in [2.45, 2.75) is 45.4 Å². The van der Waals surface area contributed by atoms with Gasteiger partial charge in [-0.15, -0.1) is 0 Å². The quantitative estimate of drug-likeness (QED) is 0.0957. The van der Waals surface area contributed by atoms with Crippen LogP contribution in [-0.4, -0.2) is 57.2 Å². The van der Waals surface area contributed by atoms with E-state index in [1.165, 1.54) is 38.2 Å². The van der Waals surface area contributed by atoms with Crippen LogP contribution >= 0.6 is 0 Å². The molecule has 4 heterocycles. The van der Waals surface area contributed by atoms with E-state index in [-0.39, 0.29) is 5.82 Å². The summed E-state index contributed by atoms with van der Waals surface area (Å²) < 4.78 is 14.8. The molecule has 1 saturated carbocycles. The molecule has 0 bridgehead atoms. The number of halogens is 1. The molecule has 0 amide bonds. The number of aromatic amines is 2. The molecule has 48 heavy (non-hydrogen) atoms. The van der Waals surface area contributed by atoms with Gasteiger partial charge in [-0.25, -0.2) is 14.4 Å². The van der Waals surface area contributed by atoms with Crippen LogP contribution in [0.4, 0.5) is 10.1 Å². The lowest BCUT2D eigenvalue weighted by Gasteiger charge is -2.23.